The maximum Gasteiger partial charge on any atom is 0.251 e. The lowest BCUT2D eigenvalue weighted by Gasteiger charge is -2.24. The molecule has 1 saturated carbocycles. The number of piperidine rings is 1. The van der Waals surface area contributed by atoms with Gasteiger partial charge in [0.05, 0.1) is 6.10 Å². The van der Waals surface area contributed by atoms with Crippen LogP contribution in [0, 0.1) is 0 Å². The summed E-state index contributed by atoms with van der Waals surface area (Å²) in [4.78, 5) is 12.4. The normalized spacial score (nSPS) is 23.0. The number of amides is 1. The molecule has 1 aliphatic carbocycles. The van der Waals surface area contributed by atoms with E-state index in [1.54, 1.807) is 0 Å². The SMILES string of the molecule is O=C(N[C@H]1CCCNC1)c1cccc(OC2CCCCC2)c1. The molecule has 4 nitrogen and oxygen atoms in total. The summed E-state index contributed by atoms with van der Waals surface area (Å²) in [6.45, 7) is 1.92. The quantitative estimate of drug-likeness (QED) is 0.899. The number of nitrogens with one attached hydrogen (secondary N) is 2. The number of ether oxygens (including phenoxy) is 1. The molecule has 0 bridgehead atoms. The summed E-state index contributed by atoms with van der Waals surface area (Å²) < 4.78 is 6.04. The molecule has 1 amide bonds. The van der Waals surface area contributed by atoms with Crippen LogP contribution in [0.15, 0.2) is 24.3 Å². The first-order chi connectivity index (χ1) is 10.8. The molecule has 1 heterocycles. The fourth-order valence-electron chi connectivity index (χ4n) is 3.33. The molecule has 0 radical (unpaired) electrons. The summed E-state index contributed by atoms with van der Waals surface area (Å²) in [6, 6.07) is 7.84. The maximum absolute atomic E-state index is 12.4. The van der Waals surface area contributed by atoms with Crippen molar-refractivity contribution in [2.75, 3.05) is 13.1 Å². The lowest BCUT2D eigenvalue weighted by Crippen LogP contribution is -2.45. The zero-order valence-corrected chi connectivity index (χ0v) is 13.1. The first-order valence-corrected chi connectivity index (χ1v) is 8.59. The third kappa shape index (κ3) is 4.23. The lowest BCUT2D eigenvalue weighted by atomic mass is 9.98. The third-order valence-corrected chi connectivity index (χ3v) is 4.58. The van der Waals surface area contributed by atoms with E-state index in [1.165, 1.54) is 19.3 Å². The van der Waals surface area contributed by atoms with E-state index in [9.17, 15) is 4.79 Å². The minimum absolute atomic E-state index is 0.00259. The fourth-order valence-corrected chi connectivity index (χ4v) is 3.33. The van der Waals surface area contributed by atoms with E-state index in [0.29, 0.717) is 11.7 Å². The Bertz CT molecular complexity index is 492. The van der Waals surface area contributed by atoms with Crippen molar-refractivity contribution in [2.24, 2.45) is 0 Å². The van der Waals surface area contributed by atoms with Gasteiger partial charge in [0.2, 0.25) is 0 Å². The molecule has 2 fully saturated rings. The van der Waals surface area contributed by atoms with E-state index in [4.69, 9.17) is 4.74 Å². The molecular weight excluding hydrogens is 276 g/mol. The van der Waals surface area contributed by atoms with Crippen LogP contribution in [0.5, 0.6) is 5.75 Å². The molecule has 0 unspecified atom stereocenters. The van der Waals surface area contributed by atoms with E-state index in [-0.39, 0.29) is 11.9 Å². The first-order valence-electron chi connectivity index (χ1n) is 8.59. The molecule has 1 atom stereocenters. The van der Waals surface area contributed by atoms with Crippen LogP contribution in [0.3, 0.4) is 0 Å². The van der Waals surface area contributed by atoms with Gasteiger partial charge in [-0.1, -0.05) is 12.5 Å². The summed E-state index contributed by atoms with van der Waals surface area (Å²) in [6.07, 6.45) is 8.56. The molecular formula is C18H26N2O2. The zero-order valence-electron chi connectivity index (χ0n) is 13.1. The Morgan fingerprint density at radius 2 is 2.00 bits per heavy atom. The van der Waals surface area contributed by atoms with E-state index in [1.807, 2.05) is 24.3 Å². The number of benzene rings is 1. The van der Waals surface area contributed by atoms with Crippen LogP contribution in [0.2, 0.25) is 0 Å². The molecule has 4 heteroatoms. The van der Waals surface area contributed by atoms with Crippen molar-refractivity contribution in [3.8, 4) is 5.75 Å². The fraction of sp³-hybridized carbons (Fsp3) is 0.611. The second kappa shape index (κ2) is 7.63. The summed E-state index contributed by atoms with van der Waals surface area (Å²) in [7, 11) is 0. The molecule has 0 spiro atoms. The average Bonchev–Trinajstić information content (AvgIpc) is 2.57. The van der Waals surface area contributed by atoms with Crippen molar-refractivity contribution >= 4 is 5.91 Å². The van der Waals surface area contributed by atoms with Crippen LogP contribution in [0.25, 0.3) is 0 Å². The topological polar surface area (TPSA) is 50.4 Å². The van der Waals surface area contributed by atoms with Gasteiger partial charge in [-0.25, -0.2) is 0 Å². The Hall–Kier alpha value is -1.55. The highest BCUT2D eigenvalue weighted by molar-refractivity contribution is 5.94. The molecule has 1 aromatic carbocycles. The highest BCUT2D eigenvalue weighted by Gasteiger charge is 2.18. The summed E-state index contributed by atoms with van der Waals surface area (Å²) in [5, 5.41) is 6.43. The number of carbonyl (C=O) groups excluding carboxylic acids is 1. The monoisotopic (exact) mass is 302 g/mol. The number of rotatable bonds is 4. The van der Waals surface area contributed by atoms with Gasteiger partial charge in [-0.2, -0.15) is 0 Å². The first kappa shape index (κ1) is 15.3. The number of carbonyl (C=O) groups is 1. The summed E-state index contributed by atoms with van der Waals surface area (Å²) in [5.74, 6) is 0.823. The van der Waals surface area contributed by atoms with E-state index in [2.05, 4.69) is 10.6 Å². The van der Waals surface area contributed by atoms with E-state index in [0.717, 1.165) is 44.5 Å². The second-order valence-corrected chi connectivity index (χ2v) is 6.42. The second-order valence-electron chi connectivity index (χ2n) is 6.42. The molecule has 0 aromatic heterocycles. The Labute approximate surface area is 132 Å². The van der Waals surface area contributed by atoms with Gasteiger partial charge in [-0.15, -0.1) is 0 Å². The predicted octanol–water partition coefficient (Wildman–Crippen LogP) is 2.88. The van der Waals surface area contributed by atoms with Crippen LogP contribution in [0.4, 0.5) is 0 Å². The smallest absolute Gasteiger partial charge is 0.251 e. The van der Waals surface area contributed by atoms with Crippen LogP contribution in [-0.4, -0.2) is 31.1 Å². The van der Waals surface area contributed by atoms with Gasteiger partial charge in [0.1, 0.15) is 5.75 Å². The molecule has 22 heavy (non-hydrogen) atoms. The van der Waals surface area contributed by atoms with Crippen LogP contribution < -0.4 is 15.4 Å². The van der Waals surface area contributed by atoms with Gasteiger partial charge in [0, 0.05) is 18.2 Å². The van der Waals surface area contributed by atoms with Crippen molar-refractivity contribution < 1.29 is 9.53 Å². The van der Waals surface area contributed by atoms with Crippen molar-refractivity contribution in [3.05, 3.63) is 29.8 Å². The van der Waals surface area contributed by atoms with Gasteiger partial charge in [-0.3, -0.25) is 4.79 Å². The van der Waals surface area contributed by atoms with E-state index < -0.39 is 0 Å². The average molecular weight is 302 g/mol. The van der Waals surface area contributed by atoms with Crippen LogP contribution >= 0.6 is 0 Å². The third-order valence-electron chi connectivity index (χ3n) is 4.58. The molecule has 2 N–H and O–H groups in total. The number of hydrogen-bond acceptors (Lipinski definition) is 3. The minimum Gasteiger partial charge on any atom is -0.490 e. The Balaban J connectivity index is 1.58. The summed E-state index contributed by atoms with van der Waals surface area (Å²) >= 11 is 0. The van der Waals surface area contributed by atoms with Crippen molar-refractivity contribution in [2.45, 2.75) is 57.1 Å². The van der Waals surface area contributed by atoms with Gasteiger partial charge < -0.3 is 15.4 Å². The molecule has 1 aromatic rings. The maximum atomic E-state index is 12.4. The minimum atomic E-state index is 0.00259. The van der Waals surface area contributed by atoms with Gasteiger partial charge >= 0.3 is 0 Å². The van der Waals surface area contributed by atoms with Gasteiger partial charge in [0.25, 0.3) is 5.91 Å². The summed E-state index contributed by atoms with van der Waals surface area (Å²) in [5.41, 5.74) is 0.693. The Kier molecular flexibility index (Phi) is 5.33. The Morgan fingerprint density at radius 3 is 2.77 bits per heavy atom. The highest BCUT2D eigenvalue weighted by Crippen LogP contribution is 2.24. The van der Waals surface area contributed by atoms with Crippen molar-refractivity contribution in [3.63, 3.8) is 0 Å². The molecule has 1 saturated heterocycles. The highest BCUT2D eigenvalue weighted by atomic mass is 16.5. The van der Waals surface area contributed by atoms with Crippen molar-refractivity contribution in [1.29, 1.82) is 0 Å². The predicted molar refractivity (Wildman–Crippen MR) is 87.3 cm³/mol. The molecule has 3 rings (SSSR count). The molecule has 2 aliphatic rings. The molecule has 120 valence electrons. The largest absolute Gasteiger partial charge is 0.490 e. The van der Waals surface area contributed by atoms with Crippen molar-refractivity contribution in [1.82, 2.24) is 10.6 Å². The van der Waals surface area contributed by atoms with Gasteiger partial charge in [0.15, 0.2) is 0 Å². The van der Waals surface area contributed by atoms with Gasteiger partial charge in [-0.05, 0) is 63.3 Å². The zero-order chi connectivity index (χ0) is 15.2. The van der Waals surface area contributed by atoms with E-state index >= 15 is 0 Å². The molecule has 1 aliphatic heterocycles. The number of hydrogen-bond donors (Lipinski definition) is 2. The van der Waals surface area contributed by atoms with Crippen LogP contribution in [0.1, 0.15) is 55.3 Å². The standard InChI is InChI=1S/C18H26N2O2/c21-18(20-15-7-5-11-19-13-15)14-6-4-10-17(12-14)22-16-8-2-1-3-9-16/h4,6,10,12,15-16,19H,1-3,5,7-9,11,13H2,(H,20,21)/t15-/m0/s1. The Morgan fingerprint density at radius 1 is 1.14 bits per heavy atom. The lowest BCUT2D eigenvalue weighted by molar-refractivity contribution is 0.0929. The van der Waals surface area contributed by atoms with Crippen LogP contribution in [-0.2, 0) is 0 Å².